The van der Waals surface area contributed by atoms with Gasteiger partial charge < -0.3 is 10.1 Å². The van der Waals surface area contributed by atoms with Gasteiger partial charge in [-0.05, 0) is 49.2 Å². The fraction of sp³-hybridized carbons (Fsp3) is 0.158. The Kier molecular flexibility index (Phi) is 5.74. The molecule has 0 aliphatic rings. The zero-order valence-corrected chi connectivity index (χ0v) is 15.2. The van der Waals surface area contributed by atoms with Crippen molar-refractivity contribution in [2.75, 3.05) is 11.9 Å². The first-order chi connectivity index (χ1) is 12.1. The van der Waals surface area contributed by atoms with E-state index in [1.165, 1.54) is 0 Å². The maximum atomic E-state index is 6.22. The fourth-order valence-corrected chi connectivity index (χ4v) is 2.57. The molecular weight excluding hydrogens is 357 g/mol. The summed E-state index contributed by atoms with van der Waals surface area (Å²) in [4.78, 5) is 8.49. The number of hydrogen-bond donors (Lipinski definition) is 1. The predicted octanol–water partition coefficient (Wildman–Crippen LogP) is 5.54. The molecule has 0 saturated carbocycles. The van der Waals surface area contributed by atoms with Crippen LogP contribution in [0.5, 0.6) is 11.6 Å². The van der Waals surface area contributed by atoms with Crippen LogP contribution in [0, 0.1) is 6.92 Å². The van der Waals surface area contributed by atoms with E-state index in [4.69, 9.17) is 27.9 Å². The third kappa shape index (κ3) is 4.84. The number of aromatic nitrogens is 2. The normalized spacial score (nSPS) is 10.5. The maximum absolute atomic E-state index is 6.22. The van der Waals surface area contributed by atoms with Crippen LogP contribution < -0.4 is 10.1 Å². The molecule has 0 saturated heterocycles. The summed E-state index contributed by atoms with van der Waals surface area (Å²) in [5.41, 5.74) is 2.82. The van der Waals surface area contributed by atoms with E-state index in [9.17, 15) is 0 Å². The molecule has 0 atom stereocenters. The van der Waals surface area contributed by atoms with Crippen molar-refractivity contribution in [1.29, 1.82) is 0 Å². The van der Waals surface area contributed by atoms with Crippen LogP contribution >= 0.6 is 23.2 Å². The number of rotatable bonds is 6. The summed E-state index contributed by atoms with van der Waals surface area (Å²) < 4.78 is 5.68. The number of nitrogens with zero attached hydrogens (tertiary/aromatic N) is 2. The molecule has 4 nitrogen and oxygen atoms in total. The van der Waals surface area contributed by atoms with Gasteiger partial charge in [0.2, 0.25) is 5.88 Å². The standard InChI is InChI=1S/C19H17Cl2N3O/c1-13-19(21)17(9-11-22-13)23-10-8-14-2-7-18(24-12-14)25-16-5-3-15(20)4-6-16/h2-7,9,11-12H,8,10H2,1H3,(H,22,23). The van der Waals surface area contributed by atoms with Crippen molar-refractivity contribution in [3.8, 4) is 11.6 Å². The smallest absolute Gasteiger partial charge is 0.219 e. The predicted molar refractivity (Wildman–Crippen MR) is 102 cm³/mol. The minimum atomic E-state index is 0.548. The fourth-order valence-electron chi connectivity index (χ4n) is 2.27. The van der Waals surface area contributed by atoms with Crippen molar-refractivity contribution >= 4 is 28.9 Å². The summed E-state index contributed by atoms with van der Waals surface area (Å²) in [5.74, 6) is 1.25. The van der Waals surface area contributed by atoms with Crippen molar-refractivity contribution in [2.24, 2.45) is 0 Å². The summed E-state index contributed by atoms with van der Waals surface area (Å²) in [6.45, 7) is 2.64. The summed E-state index contributed by atoms with van der Waals surface area (Å²) in [7, 11) is 0. The number of ether oxygens (including phenoxy) is 1. The Hall–Kier alpha value is -2.30. The molecule has 1 N–H and O–H groups in total. The zero-order valence-electron chi connectivity index (χ0n) is 13.7. The highest BCUT2D eigenvalue weighted by Gasteiger charge is 2.04. The Bertz CT molecular complexity index is 836. The van der Waals surface area contributed by atoms with Gasteiger partial charge >= 0.3 is 0 Å². The van der Waals surface area contributed by atoms with Crippen molar-refractivity contribution in [2.45, 2.75) is 13.3 Å². The molecule has 128 valence electrons. The van der Waals surface area contributed by atoms with E-state index in [0.29, 0.717) is 21.7 Å². The highest BCUT2D eigenvalue weighted by Crippen LogP contribution is 2.24. The topological polar surface area (TPSA) is 47.0 Å². The Labute approximate surface area is 156 Å². The van der Waals surface area contributed by atoms with Crippen LogP contribution in [-0.4, -0.2) is 16.5 Å². The maximum Gasteiger partial charge on any atom is 0.219 e. The molecule has 0 unspecified atom stereocenters. The molecule has 25 heavy (non-hydrogen) atoms. The Morgan fingerprint density at radius 1 is 1.00 bits per heavy atom. The lowest BCUT2D eigenvalue weighted by Gasteiger charge is -2.10. The van der Waals surface area contributed by atoms with Crippen LogP contribution in [0.4, 0.5) is 5.69 Å². The second kappa shape index (κ2) is 8.19. The Morgan fingerprint density at radius 3 is 2.52 bits per heavy atom. The molecule has 0 spiro atoms. The van der Waals surface area contributed by atoms with Crippen LogP contribution in [0.15, 0.2) is 54.9 Å². The first kappa shape index (κ1) is 17.5. The van der Waals surface area contributed by atoms with Crippen molar-refractivity contribution in [3.63, 3.8) is 0 Å². The average molecular weight is 374 g/mol. The molecule has 0 radical (unpaired) electrons. The van der Waals surface area contributed by atoms with Crippen LogP contribution in [0.1, 0.15) is 11.3 Å². The third-order valence-corrected chi connectivity index (χ3v) is 4.36. The lowest BCUT2D eigenvalue weighted by atomic mass is 10.2. The SMILES string of the molecule is Cc1nccc(NCCc2ccc(Oc3ccc(Cl)cc3)nc2)c1Cl. The van der Waals surface area contributed by atoms with Gasteiger partial charge in [0.05, 0.1) is 16.4 Å². The molecule has 2 heterocycles. The third-order valence-electron chi connectivity index (χ3n) is 3.63. The van der Waals surface area contributed by atoms with E-state index in [0.717, 1.165) is 29.9 Å². The number of benzene rings is 1. The van der Waals surface area contributed by atoms with Crippen molar-refractivity contribution in [1.82, 2.24) is 9.97 Å². The van der Waals surface area contributed by atoms with Gasteiger partial charge in [-0.15, -0.1) is 0 Å². The van der Waals surface area contributed by atoms with E-state index in [1.54, 1.807) is 18.3 Å². The molecule has 3 aromatic rings. The number of hydrogen-bond acceptors (Lipinski definition) is 4. The van der Waals surface area contributed by atoms with E-state index >= 15 is 0 Å². The highest BCUT2D eigenvalue weighted by molar-refractivity contribution is 6.33. The van der Waals surface area contributed by atoms with Crippen molar-refractivity contribution in [3.05, 3.63) is 76.2 Å². The minimum absolute atomic E-state index is 0.548. The largest absolute Gasteiger partial charge is 0.439 e. The van der Waals surface area contributed by atoms with Gasteiger partial charge in [-0.2, -0.15) is 0 Å². The number of halogens is 2. The minimum Gasteiger partial charge on any atom is -0.439 e. The monoisotopic (exact) mass is 373 g/mol. The first-order valence-electron chi connectivity index (χ1n) is 7.85. The molecule has 0 amide bonds. The summed E-state index contributed by atoms with van der Waals surface area (Å²) >= 11 is 12.1. The van der Waals surface area contributed by atoms with Gasteiger partial charge in [-0.1, -0.05) is 29.3 Å². The van der Waals surface area contributed by atoms with Gasteiger partial charge in [-0.25, -0.2) is 4.98 Å². The molecular formula is C19H17Cl2N3O. The molecule has 0 fully saturated rings. The summed E-state index contributed by atoms with van der Waals surface area (Å²) in [6.07, 6.45) is 4.38. The number of pyridine rings is 2. The molecule has 2 aromatic heterocycles. The van der Waals surface area contributed by atoms with E-state index in [1.807, 2.05) is 43.5 Å². The molecule has 0 aliphatic carbocycles. The van der Waals surface area contributed by atoms with Gasteiger partial charge in [-0.3, -0.25) is 4.98 Å². The Balaban J connectivity index is 1.54. The lowest BCUT2D eigenvalue weighted by Crippen LogP contribution is -2.06. The second-order valence-electron chi connectivity index (χ2n) is 5.50. The number of anilines is 1. The molecule has 6 heteroatoms. The molecule has 3 rings (SSSR count). The van der Waals surface area contributed by atoms with Gasteiger partial charge in [0.1, 0.15) is 5.75 Å². The van der Waals surface area contributed by atoms with Crippen LogP contribution in [-0.2, 0) is 6.42 Å². The first-order valence-corrected chi connectivity index (χ1v) is 8.61. The van der Waals surface area contributed by atoms with Crippen molar-refractivity contribution < 1.29 is 4.74 Å². The van der Waals surface area contributed by atoms with Crippen LogP contribution in [0.3, 0.4) is 0 Å². The number of nitrogens with one attached hydrogen (secondary N) is 1. The zero-order chi connectivity index (χ0) is 17.6. The molecule has 1 aromatic carbocycles. The Morgan fingerprint density at radius 2 is 1.80 bits per heavy atom. The second-order valence-corrected chi connectivity index (χ2v) is 6.31. The van der Waals surface area contributed by atoms with E-state index in [-0.39, 0.29) is 0 Å². The van der Waals surface area contributed by atoms with E-state index < -0.39 is 0 Å². The van der Waals surface area contributed by atoms with Gasteiger partial charge in [0.25, 0.3) is 0 Å². The van der Waals surface area contributed by atoms with E-state index in [2.05, 4.69) is 15.3 Å². The lowest BCUT2D eigenvalue weighted by molar-refractivity contribution is 0.462. The summed E-state index contributed by atoms with van der Waals surface area (Å²) in [6, 6.07) is 12.9. The quantitative estimate of drug-likeness (QED) is 0.616. The average Bonchev–Trinajstić information content (AvgIpc) is 2.62. The highest BCUT2D eigenvalue weighted by atomic mass is 35.5. The number of aryl methyl sites for hydroxylation is 1. The summed E-state index contributed by atoms with van der Waals surface area (Å²) in [5, 5.41) is 4.65. The van der Waals surface area contributed by atoms with Gasteiger partial charge in [0.15, 0.2) is 0 Å². The van der Waals surface area contributed by atoms with Gasteiger partial charge in [0, 0.05) is 30.0 Å². The molecule has 0 bridgehead atoms. The van der Waals surface area contributed by atoms with Crippen LogP contribution in [0.25, 0.3) is 0 Å². The van der Waals surface area contributed by atoms with Crippen LogP contribution in [0.2, 0.25) is 10.0 Å². The molecule has 0 aliphatic heterocycles.